The van der Waals surface area contributed by atoms with Crippen LogP contribution in [-0.4, -0.2) is 34.2 Å². The van der Waals surface area contributed by atoms with E-state index in [0.717, 1.165) is 25.2 Å². The smallest absolute Gasteiger partial charge is 0.240 e. The average molecular weight is 285 g/mol. The van der Waals surface area contributed by atoms with Crippen molar-refractivity contribution in [3.05, 3.63) is 18.2 Å². The summed E-state index contributed by atoms with van der Waals surface area (Å²) < 4.78 is 28.2. The first-order valence-corrected chi connectivity index (χ1v) is 7.75. The van der Waals surface area contributed by atoms with E-state index in [0.29, 0.717) is 6.61 Å². The minimum atomic E-state index is -3.76. The molecule has 1 aromatic carbocycles. The first kappa shape index (κ1) is 14.1. The third kappa shape index (κ3) is 3.17. The quantitative estimate of drug-likeness (QED) is 0.789. The van der Waals surface area contributed by atoms with E-state index in [-0.39, 0.29) is 16.7 Å². The third-order valence-electron chi connectivity index (χ3n) is 3.26. The van der Waals surface area contributed by atoms with Gasteiger partial charge in [-0.3, -0.25) is 0 Å². The maximum Gasteiger partial charge on any atom is 0.240 e. The van der Waals surface area contributed by atoms with Crippen LogP contribution < -0.4 is 15.8 Å². The Kier molecular flexibility index (Phi) is 3.98. The van der Waals surface area contributed by atoms with Gasteiger partial charge in [0.2, 0.25) is 10.0 Å². The van der Waals surface area contributed by atoms with E-state index in [9.17, 15) is 8.42 Å². The first-order valence-electron chi connectivity index (χ1n) is 6.20. The molecule has 1 aliphatic heterocycles. The van der Waals surface area contributed by atoms with Crippen molar-refractivity contribution in [2.75, 3.05) is 30.3 Å². The molecule has 1 aliphatic rings. The molecule has 0 aliphatic carbocycles. The molecule has 0 spiro atoms. The van der Waals surface area contributed by atoms with Gasteiger partial charge in [0.15, 0.2) is 0 Å². The average Bonchev–Trinajstić information content (AvgIpc) is 2.37. The fourth-order valence-electron chi connectivity index (χ4n) is 2.19. The summed E-state index contributed by atoms with van der Waals surface area (Å²) in [5, 5.41) is 5.09. The molecule has 0 bridgehead atoms. The number of nitrogens with two attached hydrogens (primary N) is 2. The van der Waals surface area contributed by atoms with Gasteiger partial charge in [0.05, 0.1) is 18.4 Å². The molecule has 0 saturated carbocycles. The lowest BCUT2D eigenvalue weighted by Gasteiger charge is -2.34. The van der Waals surface area contributed by atoms with Crippen molar-refractivity contribution < 1.29 is 13.2 Å². The van der Waals surface area contributed by atoms with E-state index in [1.165, 1.54) is 6.07 Å². The molecule has 1 fully saturated rings. The number of morpholine rings is 1. The van der Waals surface area contributed by atoms with Crippen molar-refractivity contribution in [2.45, 2.75) is 24.3 Å². The molecule has 1 heterocycles. The fraction of sp³-hybridized carbons (Fsp3) is 0.500. The molecular weight excluding hydrogens is 266 g/mol. The Morgan fingerprint density at radius 3 is 2.79 bits per heavy atom. The van der Waals surface area contributed by atoms with Crippen molar-refractivity contribution >= 4 is 21.4 Å². The zero-order valence-corrected chi connectivity index (χ0v) is 11.7. The highest BCUT2D eigenvalue weighted by Gasteiger charge is 2.20. The van der Waals surface area contributed by atoms with Crippen molar-refractivity contribution in [3.63, 3.8) is 0 Å². The predicted octanol–water partition coefficient (Wildman–Crippen LogP) is 0.531. The van der Waals surface area contributed by atoms with E-state index in [2.05, 4.69) is 11.8 Å². The number of sulfonamides is 1. The number of nitrogen functional groups attached to an aromatic ring is 1. The van der Waals surface area contributed by atoms with Crippen LogP contribution in [-0.2, 0) is 14.8 Å². The molecule has 0 aromatic heterocycles. The Morgan fingerprint density at radius 1 is 1.47 bits per heavy atom. The third-order valence-corrected chi connectivity index (χ3v) is 4.24. The summed E-state index contributed by atoms with van der Waals surface area (Å²) in [5.41, 5.74) is 6.84. The Hall–Kier alpha value is -1.31. The molecule has 1 atom stereocenters. The number of rotatable bonds is 3. The highest BCUT2D eigenvalue weighted by molar-refractivity contribution is 7.89. The monoisotopic (exact) mass is 285 g/mol. The van der Waals surface area contributed by atoms with Crippen LogP contribution in [0.1, 0.15) is 13.3 Å². The second kappa shape index (κ2) is 5.36. The molecule has 1 aromatic rings. The minimum absolute atomic E-state index is 0.0310. The summed E-state index contributed by atoms with van der Waals surface area (Å²) in [5.74, 6) is 0. The normalized spacial score (nSPS) is 20.5. The van der Waals surface area contributed by atoms with Gasteiger partial charge in [0.1, 0.15) is 4.90 Å². The second-order valence-electron chi connectivity index (χ2n) is 4.61. The lowest BCUT2D eigenvalue weighted by atomic mass is 10.2. The standard InChI is InChI=1S/C12H19N3O3S/c1-2-10-8-15(5-6-18-10)9-3-4-12(11(13)7-9)19(14,16)17/h3-4,7,10H,2,5-6,8,13H2,1H3,(H2,14,16,17). The summed E-state index contributed by atoms with van der Waals surface area (Å²) >= 11 is 0. The molecule has 1 saturated heterocycles. The van der Waals surface area contributed by atoms with Crippen molar-refractivity contribution in [2.24, 2.45) is 5.14 Å². The predicted molar refractivity (Wildman–Crippen MR) is 74.5 cm³/mol. The summed E-state index contributed by atoms with van der Waals surface area (Å²) in [6.07, 6.45) is 1.15. The van der Waals surface area contributed by atoms with E-state index < -0.39 is 10.0 Å². The number of hydrogen-bond acceptors (Lipinski definition) is 5. The van der Waals surface area contributed by atoms with Crippen molar-refractivity contribution in [1.82, 2.24) is 0 Å². The molecule has 6 nitrogen and oxygen atoms in total. The Balaban J connectivity index is 2.25. The van der Waals surface area contributed by atoms with Gasteiger partial charge in [-0.05, 0) is 24.6 Å². The lowest BCUT2D eigenvalue weighted by molar-refractivity contribution is 0.0384. The molecule has 19 heavy (non-hydrogen) atoms. The molecule has 7 heteroatoms. The van der Waals surface area contributed by atoms with E-state index >= 15 is 0 Å². The van der Waals surface area contributed by atoms with Gasteiger partial charge in [0.25, 0.3) is 0 Å². The van der Waals surface area contributed by atoms with Gasteiger partial charge in [-0.15, -0.1) is 0 Å². The van der Waals surface area contributed by atoms with Crippen LogP contribution in [0.4, 0.5) is 11.4 Å². The van der Waals surface area contributed by atoms with Gasteiger partial charge < -0.3 is 15.4 Å². The van der Waals surface area contributed by atoms with E-state index in [4.69, 9.17) is 15.6 Å². The maximum absolute atomic E-state index is 11.3. The van der Waals surface area contributed by atoms with Crippen LogP contribution in [0, 0.1) is 0 Å². The van der Waals surface area contributed by atoms with Gasteiger partial charge in [-0.25, -0.2) is 13.6 Å². The van der Waals surface area contributed by atoms with E-state index in [1.807, 2.05) is 0 Å². The molecule has 2 rings (SSSR count). The van der Waals surface area contributed by atoms with Crippen molar-refractivity contribution in [3.8, 4) is 0 Å². The zero-order chi connectivity index (χ0) is 14.0. The first-order chi connectivity index (χ1) is 8.91. The highest BCUT2D eigenvalue weighted by Crippen LogP contribution is 2.25. The van der Waals surface area contributed by atoms with Crippen molar-refractivity contribution in [1.29, 1.82) is 0 Å². The van der Waals surface area contributed by atoms with Gasteiger partial charge in [0, 0.05) is 18.8 Å². The van der Waals surface area contributed by atoms with E-state index in [1.54, 1.807) is 12.1 Å². The largest absolute Gasteiger partial charge is 0.398 e. The second-order valence-corrected chi connectivity index (χ2v) is 6.14. The topological polar surface area (TPSA) is 98.7 Å². The number of hydrogen-bond donors (Lipinski definition) is 2. The number of nitrogens with zero attached hydrogens (tertiary/aromatic N) is 1. The number of anilines is 2. The van der Waals surface area contributed by atoms with Crippen LogP contribution in [0.25, 0.3) is 0 Å². The Morgan fingerprint density at radius 2 is 2.21 bits per heavy atom. The number of benzene rings is 1. The van der Waals surface area contributed by atoms with Gasteiger partial charge in [-0.1, -0.05) is 6.92 Å². The maximum atomic E-state index is 11.3. The summed E-state index contributed by atoms with van der Waals surface area (Å²) in [7, 11) is -3.76. The summed E-state index contributed by atoms with van der Waals surface area (Å²) in [4.78, 5) is 2.11. The van der Waals surface area contributed by atoms with Crippen LogP contribution in [0.3, 0.4) is 0 Å². The minimum Gasteiger partial charge on any atom is -0.398 e. The van der Waals surface area contributed by atoms with Gasteiger partial charge in [-0.2, -0.15) is 0 Å². The Labute approximate surface area is 113 Å². The fourth-order valence-corrected chi connectivity index (χ4v) is 2.84. The molecule has 0 amide bonds. The van der Waals surface area contributed by atoms with Gasteiger partial charge >= 0.3 is 0 Å². The number of ether oxygens (including phenoxy) is 1. The zero-order valence-electron chi connectivity index (χ0n) is 10.9. The summed E-state index contributed by atoms with van der Waals surface area (Å²) in [6.45, 7) is 4.29. The highest BCUT2D eigenvalue weighted by atomic mass is 32.2. The SMILES string of the molecule is CCC1CN(c2ccc(S(N)(=O)=O)c(N)c2)CCO1. The molecule has 0 radical (unpaired) electrons. The summed E-state index contributed by atoms with van der Waals surface area (Å²) in [6, 6.07) is 4.84. The molecule has 1 unspecified atom stereocenters. The van der Waals surface area contributed by atoms with Crippen LogP contribution in [0.5, 0.6) is 0 Å². The lowest BCUT2D eigenvalue weighted by Crippen LogP contribution is -2.42. The number of primary sulfonamides is 1. The van der Waals surface area contributed by atoms with Crippen LogP contribution in [0.2, 0.25) is 0 Å². The molecular formula is C12H19N3O3S. The molecule has 106 valence electrons. The molecule has 4 N–H and O–H groups in total. The Bertz CT molecular complexity index is 559. The van der Waals surface area contributed by atoms with Crippen LogP contribution in [0.15, 0.2) is 23.1 Å². The van der Waals surface area contributed by atoms with Crippen LogP contribution >= 0.6 is 0 Å².